The van der Waals surface area contributed by atoms with Gasteiger partial charge in [0.2, 0.25) is 0 Å². The highest BCUT2D eigenvalue weighted by molar-refractivity contribution is 5.75. The van der Waals surface area contributed by atoms with Crippen molar-refractivity contribution in [3.8, 4) is 0 Å². The monoisotopic (exact) mass is 203 g/mol. The first kappa shape index (κ1) is 13.4. The Balaban J connectivity index is 3.58. The van der Waals surface area contributed by atoms with Crippen LogP contribution in [-0.4, -0.2) is 64.8 Å². The van der Waals surface area contributed by atoms with Gasteiger partial charge in [-0.05, 0) is 21.1 Å². The highest BCUT2D eigenvalue weighted by Gasteiger charge is 2.15. The van der Waals surface area contributed by atoms with Crippen LogP contribution in [0.1, 0.15) is 0 Å². The van der Waals surface area contributed by atoms with E-state index < -0.39 is 0 Å². The maximum atomic E-state index is 11.1. The zero-order valence-electron chi connectivity index (χ0n) is 9.46. The summed E-state index contributed by atoms with van der Waals surface area (Å²) in [6, 6.07) is -0.262. The van der Waals surface area contributed by atoms with Crippen LogP contribution in [0.3, 0.4) is 0 Å². The third kappa shape index (κ3) is 5.90. The van der Waals surface area contributed by atoms with E-state index in [4.69, 9.17) is 0 Å². The fourth-order valence-electron chi connectivity index (χ4n) is 0.995. The molecule has 2 N–H and O–H groups in total. The summed E-state index contributed by atoms with van der Waals surface area (Å²) in [5.41, 5.74) is 0. The van der Waals surface area contributed by atoms with E-state index >= 15 is 0 Å². The lowest BCUT2D eigenvalue weighted by Crippen LogP contribution is -2.44. The second kappa shape index (κ2) is 7.73. The second-order valence-electron chi connectivity index (χ2n) is 3.37. The molecule has 84 valence electrons. The van der Waals surface area contributed by atoms with Gasteiger partial charge in [-0.3, -0.25) is 4.79 Å². The van der Waals surface area contributed by atoms with E-state index in [2.05, 4.69) is 20.3 Å². The number of nitrogens with one attached hydrogen (secondary N) is 2. The molecular formula is C9H21N3O2. The number of esters is 1. The van der Waals surface area contributed by atoms with Crippen LogP contribution < -0.4 is 10.6 Å². The van der Waals surface area contributed by atoms with Crippen molar-refractivity contribution < 1.29 is 9.53 Å². The standard InChI is InChI=1S/C9H21N3O2/c1-10-8(9(13)14-4)7-11-5-6-12(2)3/h8,10-11H,5-7H2,1-4H3. The van der Waals surface area contributed by atoms with Crippen LogP contribution in [0, 0.1) is 0 Å². The van der Waals surface area contributed by atoms with Crippen LogP contribution >= 0.6 is 0 Å². The SMILES string of the molecule is CNC(CNCCN(C)C)C(=O)OC. The van der Waals surface area contributed by atoms with Crippen LogP contribution in [0.15, 0.2) is 0 Å². The van der Waals surface area contributed by atoms with Gasteiger partial charge in [0.1, 0.15) is 6.04 Å². The van der Waals surface area contributed by atoms with Crippen LogP contribution in [0.5, 0.6) is 0 Å². The molecule has 0 radical (unpaired) electrons. The van der Waals surface area contributed by atoms with Gasteiger partial charge in [0, 0.05) is 19.6 Å². The van der Waals surface area contributed by atoms with Crippen molar-refractivity contribution in [1.29, 1.82) is 0 Å². The molecule has 14 heavy (non-hydrogen) atoms. The summed E-state index contributed by atoms with van der Waals surface area (Å²) >= 11 is 0. The molecule has 0 spiro atoms. The first-order valence-corrected chi connectivity index (χ1v) is 4.72. The van der Waals surface area contributed by atoms with Gasteiger partial charge in [0.15, 0.2) is 0 Å². The fourth-order valence-corrected chi connectivity index (χ4v) is 0.995. The van der Waals surface area contributed by atoms with E-state index in [0.717, 1.165) is 13.1 Å². The lowest BCUT2D eigenvalue weighted by atomic mass is 10.3. The first-order chi connectivity index (χ1) is 6.61. The molecule has 0 aliphatic rings. The van der Waals surface area contributed by atoms with Crippen molar-refractivity contribution in [3.63, 3.8) is 0 Å². The normalized spacial score (nSPS) is 12.9. The third-order valence-electron chi connectivity index (χ3n) is 1.92. The van der Waals surface area contributed by atoms with Crippen LogP contribution in [0.2, 0.25) is 0 Å². The van der Waals surface area contributed by atoms with Crippen LogP contribution in [0.4, 0.5) is 0 Å². The summed E-state index contributed by atoms with van der Waals surface area (Å²) in [7, 11) is 7.16. The second-order valence-corrected chi connectivity index (χ2v) is 3.37. The van der Waals surface area contributed by atoms with Gasteiger partial charge in [-0.25, -0.2) is 0 Å². The Hall–Kier alpha value is -0.650. The molecule has 0 heterocycles. The molecule has 0 rings (SSSR count). The van der Waals surface area contributed by atoms with Crippen molar-refractivity contribution in [1.82, 2.24) is 15.5 Å². The van der Waals surface area contributed by atoms with E-state index in [1.807, 2.05) is 14.1 Å². The minimum Gasteiger partial charge on any atom is -0.468 e. The van der Waals surface area contributed by atoms with Crippen molar-refractivity contribution in [2.24, 2.45) is 0 Å². The number of carbonyl (C=O) groups is 1. The van der Waals surface area contributed by atoms with Crippen molar-refractivity contribution in [2.45, 2.75) is 6.04 Å². The minimum atomic E-state index is -0.262. The number of hydrogen-bond donors (Lipinski definition) is 2. The number of carbonyl (C=O) groups excluding carboxylic acids is 1. The summed E-state index contributed by atoms with van der Waals surface area (Å²) in [5, 5.41) is 6.07. The van der Waals surface area contributed by atoms with Gasteiger partial charge in [0.05, 0.1) is 7.11 Å². The predicted molar refractivity (Wildman–Crippen MR) is 56.3 cm³/mol. The summed E-state index contributed by atoms with van der Waals surface area (Å²) in [6.45, 7) is 2.41. The molecule has 0 aliphatic carbocycles. The summed E-state index contributed by atoms with van der Waals surface area (Å²) in [6.07, 6.45) is 0. The highest BCUT2D eigenvalue weighted by Crippen LogP contribution is 1.84. The summed E-state index contributed by atoms with van der Waals surface area (Å²) in [4.78, 5) is 13.2. The maximum Gasteiger partial charge on any atom is 0.324 e. The molecule has 0 aromatic heterocycles. The fraction of sp³-hybridized carbons (Fsp3) is 0.889. The summed E-state index contributed by atoms with van der Waals surface area (Å²) in [5.74, 6) is -0.232. The number of ether oxygens (including phenoxy) is 1. The zero-order valence-corrected chi connectivity index (χ0v) is 9.46. The number of nitrogens with zero attached hydrogens (tertiary/aromatic N) is 1. The smallest absolute Gasteiger partial charge is 0.324 e. The van der Waals surface area contributed by atoms with Crippen molar-refractivity contribution in [2.75, 3.05) is 47.9 Å². The van der Waals surface area contributed by atoms with Gasteiger partial charge in [0.25, 0.3) is 0 Å². The van der Waals surface area contributed by atoms with Gasteiger partial charge in [-0.15, -0.1) is 0 Å². The lowest BCUT2D eigenvalue weighted by molar-refractivity contribution is -0.142. The average molecular weight is 203 g/mol. The lowest BCUT2D eigenvalue weighted by Gasteiger charge is -2.15. The van der Waals surface area contributed by atoms with E-state index in [9.17, 15) is 4.79 Å². The molecule has 0 amide bonds. The van der Waals surface area contributed by atoms with E-state index in [-0.39, 0.29) is 12.0 Å². The molecule has 5 heteroatoms. The Kier molecular flexibility index (Phi) is 7.37. The summed E-state index contributed by atoms with van der Waals surface area (Å²) < 4.78 is 4.63. The average Bonchev–Trinajstić information content (AvgIpc) is 2.16. The molecule has 0 fully saturated rings. The Bertz CT molecular complexity index is 162. The molecular weight excluding hydrogens is 182 g/mol. The van der Waals surface area contributed by atoms with Gasteiger partial charge in [-0.1, -0.05) is 0 Å². The van der Waals surface area contributed by atoms with Gasteiger partial charge < -0.3 is 20.3 Å². The molecule has 0 saturated heterocycles. The molecule has 1 unspecified atom stereocenters. The van der Waals surface area contributed by atoms with E-state index in [1.165, 1.54) is 7.11 Å². The number of methoxy groups -OCH3 is 1. The topological polar surface area (TPSA) is 53.6 Å². The number of likely N-dealkylation sites (N-methyl/N-ethyl adjacent to an activating group) is 2. The molecule has 0 aliphatic heterocycles. The Labute approximate surface area is 85.8 Å². The number of hydrogen-bond acceptors (Lipinski definition) is 5. The third-order valence-corrected chi connectivity index (χ3v) is 1.92. The largest absolute Gasteiger partial charge is 0.468 e. The first-order valence-electron chi connectivity index (χ1n) is 4.72. The highest BCUT2D eigenvalue weighted by atomic mass is 16.5. The van der Waals surface area contributed by atoms with E-state index in [1.54, 1.807) is 7.05 Å². The maximum absolute atomic E-state index is 11.1. The minimum absolute atomic E-state index is 0.232. The van der Waals surface area contributed by atoms with E-state index in [0.29, 0.717) is 6.54 Å². The van der Waals surface area contributed by atoms with Gasteiger partial charge >= 0.3 is 5.97 Å². The molecule has 0 saturated carbocycles. The quantitative estimate of drug-likeness (QED) is 0.406. The molecule has 0 aromatic carbocycles. The van der Waals surface area contributed by atoms with Crippen LogP contribution in [0.25, 0.3) is 0 Å². The molecule has 0 aromatic rings. The molecule has 0 bridgehead atoms. The Morgan fingerprint density at radius 2 is 2.14 bits per heavy atom. The van der Waals surface area contributed by atoms with Crippen molar-refractivity contribution >= 4 is 5.97 Å². The van der Waals surface area contributed by atoms with Gasteiger partial charge in [-0.2, -0.15) is 0 Å². The van der Waals surface area contributed by atoms with Crippen LogP contribution in [-0.2, 0) is 9.53 Å². The molecule has 5 nitrogen and oxygen atoms in total. The Morgan fingerprint density at radius 3 is 2.57 bits per heavy atom. The predicted octanol–water partition coefficient (Wildman–Crippen LogP) is -1.10. The number of rotatable bonds is 7. The Morgan fingerprint density at radius 1 is 1.50 bits per heavy atom. The van der Waals surface area contributed by atoms with Crippen molar-refractivity contribution in [3.05, 3.63) is 0 Å². The zero-order chi connectivity index (χ0) is 11.0. The molecule has 1 atom stereocenters.